The Kier molecular flexibility index (Phi) is 10.3. The van der Waals surface area contributed by atoms with Gasteiger partial charge in [-0.2, -0.15) is 0 Å². The van der Waals surface area contributed by atoms with Crippen LogP contribution in [0.1, 0.15) is 108 Å². The zero-order valence-corrected chi connectivity index (χ0v) is 17.9. The van der Waals surface area contributed by atoms with Gasteiger partial charge in [-0.15, -0.1) is 0 Å². The minimum atomic E-state index is -0.343. The van der Waals surface area contributed by atoms with Crippen LogP contribution in [0.15, 0.2) is 12.1 Å². The highest BCUT2D eigenvalue weighted by Crippen LogP contribution is 2.34. The Morgan fingerprint density at radius 2 is 1.30 bits per heavy atom. The summed E-state index contributed by atoms with van der Waals surface area (Å²) in [6.07, 6.45) is 12.6. The maximum Gasteiger partial charge on any atom is 0.338 e. The molecule has 0 radical (unpaired) electrons. The number of benzene rings is 1. The van der Waals surface area contributed by atoms with E-state index in [0.29, 0.717) is 23.5 Å². The fraction of sp³-hybridized carbons (Fsp3) is 0.696. The highest BCUT2D eigenvalue weighted by atomic mass is 16.5. The molecule has 0 aliphatic carbocycles. The van der Waals surface area contributed by atoms with Gasteiger partial charge in [-0.25, -0.2) is 4.79 Å². The molecule has 0 bridgehead atoms. The van der Waals surface area contributed by atoms with Crippen LogP contribution in [0.3, 0.4) is 0 Å². The third-order valence-corrected chi connectivity index (χ3v) is 4.92. The second-order valence-electron chi connectivity index (χ2n) is 8.60. The summed E-state index contributed by atoms with van der Waals surface area (Å²) in [6, 6.07) is 3.36. The number of carbonyl (C=O) groups excluding carboxylic acids is 1. The Labute approximate surface area is 166 Å². The van der Waals surface area contributed by atoms with E-state index in [1.54, 1.807) is 12.1 Å². The van der Waals surface area contributed by atoms with Gasteiger partial charge in [0, 0.05) is 16.9 Å². The first-order valence-electron chi connectivity index (χ1n) is 10.6. The molecule has 1 aromatic carbocycles. The molecule has 0 heterocycles. The van der Waals surface area contributed by atoms with E-state index in [1.165, 1.54) is 51.4 Å². The van der Waals surface area contributed by atoms with Crippen molar-refractivity contribution in [3.8, 4) is 0 Å². The Balaban J connectivity index is 2.26. The molecular formula is C23H40N2O2. The molecule has 0 unspecified atom stereocenters. The van der Waals surface area contributed by atoms with Crippen molar-refractivity contribution < 1.29 is 9.53 Å². The largest absolute Gasteiger partial charge is 0.462 e. The van der Waals surface area contributed by atoms with Gasteiger partial charge in [0.1, 0.15) is 0 Å². The smallest absolute Gasteiger partial charge is 0.338 e. The van der Waals surface area contributed by atoms with E-state index in [0.717, 1.165) is 18.4 Å². The normalized spacial score (nSPS) is 11.6. The molecule has 4 nitrogen and oxygen atoms in total. The maximum absolute atomic E-state index is 12.2. The van der Waals surface area contributed by atoms with Gasteiger partial charge < -0.3 is 16.2 Å². The molecule has 1 aromatic rings. The van der Waals surface area contributed by atoms with E-state index >= 15 is 0 Å². The van der Waals surface area contributed by atoms with Crippen molar-refractivity contribution in [2.45, 2.75) is 97.3 Å². The van der Waals surface area contributed by atoms with Crippen molar-refractivity contribution in [2.24, 2.45) is 0 Å². The predicted octanol–water partition coefficient (Wildman–Crippen LogP) is 6.23. The van der Waals surface area contributed by atoms with Crippen LogP contribution in [-0.4, -0.2) is 12.6 Å². The van der Waals surface area contributed by atoms with Crippen molar-refractivity contribution >= 4 is 17.3 Å². The molecule has 0 aliphatic rings. The van der Waals surface area contributed by atoms with Gasteiger partial charge in [0.05, 0.1) is 12.2 Å². The van der Waals surface area contributed by atoms with Gasteiger partial charge in [0.15, 0.2) is 0 Å². The highest BCUT2D eigenvalue weighted by molar-refractivity contribution is 5.92. The highest BCUT2D eigenvalue weighted by Gasteiger charge is 2.22. The molecule has 0 saturated heterocycles. The van der Waals surface area contributed by atoms with Crippen molar-refractivity contribution in [3.63, 3.8) is 0 Å². The zero-order valence-electron chi connectivity index (χ0n) is 17.9. The average Bonchev–Trinajstić information content (AvgIpc) is 2.57. The van der Waals surface area contributed by atoms with Crippen LogP contribution in [0, 0.1) is 0 Å². The Bertz CT molecular complexity index is 553. The minimum absolute atomic E-state index is 0.160. The summed E-state index contributed by atoms with van der Waals surface area (Å²) in [7, 11) is 0. The summed E-state index contributed by atoms with van der Waals surface area (Å²) < 4.78 is 5.39. The number of ether oxygens (including phenoxy) is 1. The molecule has 0 saturated carbocycles. The minimum Gasteiger partial charge on any atom is -0.462 e. The lowest BCUT2D eigenvalue weighted by molar-refractivity contribution is 0.0497. The molecule has 27 heavy (non-hydrogen) atoms. The first-order valence-corrected chi connectivity index (χ1v) is 10.6. The second-order valence-corrected chi connectivity index (χ2v) is 8.60. The standard InChI is InChI=1S/C23H40N2O2/c1-5-6-7-8-9-10-11-12-13-14-15-27-22(26)18-16-19(24)21(20(25)17-18)23(2,3)4/h16-17H,5-15,24-25H2,1-4H3. The fourth-order valence-corrected chi connectivity index (χ4v) is 3.51. The monoisotopic (exact) mass is 376 g/mol. The molecule has 1 rings (SSSR count). The first kappa shape index (κ1) is 23.3. The molecule has 0 spiro atoms. The van der Waals surface area contributed by atoms with Crippen LogP contribution < -0.4 is 11.5 Å². The van der Waals surface area contributed by atoms with Crippen molar-refractivity contribution in [3.05, 3.63) is 23.3 Å². The molecular weight excluding hydrogens is 336 g/mol. The van der Waals surface area contributed by atoms with Crippen molar-refractivity contribution in [1.29, 1.82) is 0 Å². The lowest BCUT2D eigenvalue weighted by atomic mass is 9.84. The van der Waals surface area contributed by atoms with Crippen LogP contribution in [0.2, 0.25) is 0 Å². The number of nitrogen functional groups attached to an aromatic ring is 2. The number of esters is 1. The number of anilines is 2. The summed E-state index contributed by atoms with van der Waals surface area (Å²) in [5, 5.41) is 0. The number of nitrogens with two attached hydrogens (primary N) is 2. The van der Waals surface area contributed by atoms with E-state index in [9.17, 15) is 4.79 Å². The molecule has 0 amide bonds. The summed E-state index contributed by atoms with van der Waals surface area (Å²) >= 11 is 0. The van der Waals surface area contributed by atoms with Crippen molar-refractivity contribution in [2.75, 3.05) is 18.1 Å². The van der Waals surface area contributed by atoms with E-state index in [1.807, 2.05) is 0 Å². The van der Waals surface area contributed by atoms with Gasteiger partial charge in [-0.3, -0.25) is 0 Å². The van der Waals surface area contributed by atoms with Crippen LogP contribution in [-0.2, 0) is 10.2 Å². The number of carbonyl (C=O) groups is 1. The molecule has 4 N–H and O–H groups in total. The molecule has 154 valence electrons. The van der Waals surface area contributed by atoms with E-state index in [-0.39, 0.29) is 11.4 Å². The molecule has 0 fully saturated rings. The summed E-state index contributed by atoms with van der Waals surface area (Å²) in [6.45, 7) is 8.86. The SMILES string of the molecule is CCCCCCCCCCCCOC(=O)c1cc(N)c(C(C)(C)C)c(N)c1. The number of hydrogen-bond acceptors (Lipinski definition) is 4. The van der Waals surface area contributed by atoms with Gasteiger partial charge in [0.2, 0.25) is 0 Å². The van der Waals surface area contributed by atoms with Crippen LogP contribution in [0.25, 0.3) is 0 Å². The summed E-state index contributed by atoms with van der Waals surface area (Å²) in [5.41, 5.74) is 14.5. The lowest BCUT2D eigenvalue weighted by Gasteiger charge is -2.23. The summed E-state index contributed by atoms with van der Waals surface area (Å²) in [4.78, 5) is 12.2. The predicted molar refractivity (Wildman–Crippen MR) is 116 cm³/mol. The molecule has 4 heteroatoms. The average molecular weight is 377 g/mol. The number of rotatable bonds is 12. The summed E-state index contributed by atoms with van der Waals surface area (Å²) in [5.74, 6) is -0.343. The van der Waals surface area contributed by atoms with E-state index in [2.05, 4.69) is 27.7 Å². The van der Waals surface area contributed by atoms with Gasteiger partial charge in [-0.1, -0.05) is 85.5 Å². The van der Waals surface area contributed by atoms with Gasteiger partial charge in [0.25, 0.3) is 0 Å². The number of hydrogen-bond donors (Lipinski definition) is 2. The van der Waals surface area contributed by atoms with Crippen LogP contribution in [0.4, 0.5) is 11.4 Å². The first-order chi connectivity index (χ1) is 12.8. The topological polar surface area (TPSA) is 78.3 Å². The number of unbranched alkanes of at least 4 members (excludes halogenated alkanes) is 9. The quantitative estimate of drug-likeness (QED) is 0.257. The van der Waals surface area contributed by atoms with Crippen molar-refractivity contribution in [1.82, 2.24) is 0 Å². The van der Waals surface area contributed by atoms with Crippen LogP contribution in [0.5, 0.6) is 0 Å². The molecule has 0 aliphatic heterocycles. The Morgan fingerprint density at radius 1 is 0.852 bits per heavy atom. The lowest BCUT2D eigenvalue weighted by Crippen LogP contribution is -2.18. The van der Waals surface area contributed by atoms with Gasteiger partial charge >= 0.3 is 5.97 Å². The Hall–Kier alpha value is -1.71. The van der Waals surface area contributed by atoms with Gasteiger partial charge in [-0.05, 0) is 24.0 Å². The van der Waals surface area contributed by atoms with E-state index in [4.69, 9.17) is 16.2 Å². The van der Waals surface area contributed by atoms with E-state index < -0.39 is 0 Å². The fourth-order valence-electron chi connectivity index (χ4n) is 3.51. The Morgan fingerprint density at radius 3 is 1.74 bits per heavy atom. The molecule has 0 atom stereocenters. The maximum atomic E-state index is 12.2. The van der Waals surface area contributed by atoms with Crippen LogP contribution >= 0.6 is 0 Å². The zero-order chi connectivity index (χ0) is 20.3. The molecule has 0 aromatic heterocycles. The third kappa shape index (κ3) is 8.68. The second kappa shape index (κ2) is 11.9. The third-order valence-electron chi connectivity index (χ3n) is 4.92.